The van der Waals surface area contributed by atoms with Gasteiger partial charge >= 0.3 is 0 Å². The number of thioether (sulfide) groups is 1. The molecule has 0 radical (unpaired) electrons. The van der Waals surface area contributed by atoms with Gasteiger partial charge in [-0.3, -0.25) is 14.9 Å². The van der Waals surface area contributed by atoms with Gasteiger partial charge in [-0.25, -0.2) is 0 Å². The Morgan fingerprint density at radius 3 is 2.65 bits per heavy atom. The van der Waals surface area contributed by atoms with Gasteiger partial charge in [0.05, 0.1) is 23.3 Å². The molecule has 0 aliphatic heterocycles. The SMILES string of the molecule is CCOc1ccc(NC(=O)CSc2ccccc2)c([N+](=O)[O-])c1. The molecular formula is C16H16N2O4S. The van der Waals surface area contributed by atoms with E-state index in [0.717, 1.165) is 4.90 Å². The molecule has 1 amide bonds. The van der Waals surface area contributed by atoms with Crippen molar-refractivity contribution in [1.29, 1.82) is 0 Å². The number of hydrogen-bond acceptors (Lipinski definition) is 5. The Bertz CT molecular complexity index is 692. The molecular weight excluding hydrogens is 316 g/mol. The van der Waals surface area contributed by atoms with E-state index >= 15 is 0 Å². The number of nitro groups is 1. The molecule has 0 aliphatic carbocycles. The second-order valence-electron chi connectivity index (χ2n) is 4.52. The van der Waals surface area contributed by atoms with E-state index in [4.69, 9.17) is 4.74 Å². The summed E-state index contributed by atoms with van der Waals surface area (Å²) in [5.41, 5.74) is -0.0221. The summed E-state index contributed by atoms with van der Waals surface area (Å²) < 4.78 is 5.24. The van der Waals surface area contributed by atoms with Crippen LogP contribution in [0.1, 0.15) is 6.92 Å². The number of ether oxygens (including phenoxy) is 1. The van der Waals surface area contributed by atoms with E-state index in [1.54, 1.807) is 13.0 Å². The van der Waals surface area contributed by atoms with Gasteiger partial charge in [0.2, 0.25) is 5.91 Å². The van der Waals surface area contributed by atoms with Crippen LogP contribution in [-0.4, -0.2) is 23.2 Å². The van der Waals surface area contributed by atoms with Crippen molar-refractivity contribution in [2.75, 3.05) is 17.7 Å². The van der Waals surface area contributed by atoms with Crippen LogP contribution < -0.4 is 10.1 Å². The first kappa shape index (κ1) is 16.8. The smallest absolute Gasteiger partial charge is 0.296 e. The highest BCUT2D eigenvalue weighted by Crippen LogP contribution is 2.29. The number of anilines is 1. The molecule has 0 atom stereocenters. The molecule has 2 aromatic rings. The van der Waals surface area contributed by atoms with Crippen LogP contribution in [0.2, 0.25) is 0 Å². The lowest BCUT2D eigenvalue weighted by Crippen LogP contribution is -2.15. The monoisotopic (exact) mass is 332 g/mol. The molecule has 1 N–H and O–H groups in total. The molecule has 0 unspecified atom stereocenters. The highest BCUT2D eigenvalue weighted by atomic mass is 32.2. The lowest BCUT2D eigenvalue weighted by Gasteiger charge is -2.08. The van der Waals surface area contributed by atoms with Crippen molar-refractivity contribution >= 4 is 29.0 Å². The molecule has 0 heterocycles. The van der Waals surface area contributed by atoms with Crippen molar-refractivity contribution in [3.63, 3.8) is 0 Å². The number of nitrogens with zero attached hydrogens (tertiary/aromatic N) is 1. The van der Waals surface area contributed by atoms with Crippen LogP contribution in [-0.2, 0) is 4.79 Å². The molecule has 7 heteroatoms. The fourth-order valence-electron chi connectivity index (χ4n) is 1.88. The summed E-state index contributed by atoms with van der Waals surface area (Å²) in [6.07, 6.45) is 0. The number of carbonyl (C=O) groups is 1. The first-order chi connectivity index (χ1) is 11.1. The topological polar surface area (TPSA) is 81.5 Å². The van der Waals surface area contributed by atoms with Gasteiger partial charge in [0.1, 0.15) is 11.4 Å². The van der Waals surface area contributed by atoms with Crippen molar-refractivity contribution in [3.05, 3.63) is 58.6 Å². The van der Waals surface area contributed by atoms with Crippen LogP contribution in [0.4, 0.5) is 11.4 Å². The third-order valence-corrected chi connectivity index (χ3v) is 3.88. The minimum atomic E-state index is -0.539. The molecule has 23 heavy (non-hydrogen) atoms. The van der Waals surface area contributed by atoms with Crippen molar-refractivity contribution in [1.82, 2.24) is 0 Å². The first-order valence-corrected chi connectivity index (χ1v) is 7.97. The number of rotatable bonds is 7. The van der Waals surface area contributed by atoms with Gasteiger partial charge in [-0.2, -0.15) is 0 Å². The molecule has 0 saturated carbocycles. The van der Waals surface area contributed by atoms with E-state index in [-0.39, 0.29) is 23.0 Å². The maximum atomic E-state index is 12.0. The summed E-state index contributed by atoms with van der Waals surface area (Å²) in [6.45, 7) is 2.21. The number of hydrogen-bond donors (Lipinski definition) is 1. The molecule has 0 saturated heterocycles. The van der Waals surface area contributed by atoms with Gasteiger partial charge in [0.15, 0.2) is 0 Å². The number of benzene rings is 2. The van der Waals surface area contributed by atoms with Gasteiger partial charge in [-0.1, -0.05) is 18.2 Å². The molecule has 0 spiro atoms. The fraction of sp³-hybridized carbons (Fsp3) is 0.188. The summed E-state index contributed by atoms with van der Waals surface area (Å²) in [7, 11) is 0. The second kappa shape index (κ2) is 8.19. The third-order valence-electron chi connectivity index (χ3n) is 2.86. The van der Waals surface area contributed by atoms with Crippen LogP contribution in [0.3, 0.4) is 0 Å². The zero-order chi connectivity index (χ0) is 16.7. The van der Waals surface area contributed by atoms with E-state index < -0.39 is 4.92 Å². The third kappa shape index (κ3) is 5.00. The average Bonchev–Trinajstić information content (AvgIpc) is 2.55. The molecule has 2 aromatic carbocycles. The molecule has 0 bridgehead atoms. The fourth-order valence-corrected chi connectivity index (χ4v) is 2.60. The van der Waals surface area contributed by atoms with Gasteiger partial charge in [0, 0.05) is 4.90 Å². The predicted molar refractivity (Wildman–Crippen MR) is 90.1 cm³/mol. The van der Waals surface area contributed by atoms with Crippen molar-refractivity contribution in [3.8, 4) is 5.75 Å². The van der Waals surface area contributed by atoms with Gasteiger partial charge in [0.25, 0.3) is 5.69 Å². The number of nitrogens with one attached hydrogen (secondary N) is 1. The minimum absolute atomic E-state index is 0.164. The molecule has 0 aromatic heterocycles. The second-order valence-corrected chi connectivity index (χ2v) is 5.57. The number of carbonyl (C=O) groups excluding carboxylic acids is 1. The maximum Gasteiger partial charge on any atom is 0.296 e. The van der Waals surface area contributed by atoms with Crippen molar-refractivity contribution in [2.45, 2.75) is 11.8 Å². The van der Waals surface area contributed by atoms with E-state index in [1.807, 2.05) is 30.3 Å². The zero-order valence-electron chi connectivity index (χ0n) is 12.5. The van der Waals surface area contributed by atoms with Crippen LogP contribution in [0.5, 0.6) is 5.75 Å². The Labute approximate surface area is 138 Å². The average molecular weight is 332 g/mol. The Morgan fingerprint density at radius 2 is 2.00 bits per heavy atom. The lowest BCUT2D eigenvalue weighted by atomic mass is 10.2. The largest absolute Gasteiger partial charge is 0.494 e. The van der Waals surface area contributed by atoms with Crippen LogP contribution in [0, 0.1) is 10.1 Å². The van der Waals surface area contributed by atoms with E-state index in [9.17, 15) is 14.9 Å². The van der Waals surface area contributed by atoms with Gasteiger partial charge in [-0.05, 0) is 31.2 Å². The molecule has 6 nitrogen and oxygen atoms in total. The van der Waals surface area contributed by atoms with Crippen LogP contribution in [0.15, 0.2) is 53.4 Å². The lowest BCUT2D eigenvalue weighted by molar-refractivity contribution is -0.384. The van der Waals surface area contributed by atoms with E-state index in [0.29, 0.717) is 12.4 Å². The van der Waals surface area contributed by atoms with E-state index in [2.05, 4.69) is 5.32 Å². The number of amides is 1. The highest BCUT2D eigenvalue weighted by Gasteiger charge is 2.17. The molecule has 2 rings (SSSR count). The van der Waals surface area contributed by atoms with Crippen LogP contribution in [0.25, 0.3) is 0 Å². The molecule has 0 aliphatic rings. The zero-order valence-corrected chi connectivity index (χ0v) is 13.3. The van der Waals surface area contributed by atoms with Crippen molar-refractivity contribution < 1.29 is 14.5 Å². The van der Waals surface area contributed by atoms with Gasteiger partial charge < -0.3 is 10.1 Å². The number of nitro benzene ring substituents is 1. The van der Waals surface area contributed by atoms with Gasteiger partial charge in [-0.15, -0.1) is 11.8 Å². The van der Waals surface area contributed by atoms with E-state index in [1.165, 1.54) is 23.9 Å². The van der Waals surface area contributed by atoms with Crippen LogP contribution >= 0.6 is 11.8 Å². The summed E-state index contributed by atoms with van der Waals surface area (Å²) in [5, 5.41) is 13.7. The Balaban J connectivity index is 2.03. The quantitative estimate of drug-likeness (QED) is 0.475. The summed E-state index contributed by atoms with van der Waals surface area (Å²) >= 11 is 1.37. The standard InChI is InChI=1S/C16H16N2O4S/c1-2-22-12-8-9-14(15(10-12)18(20)21)17-16(19)11-23-13-6-4-3-5-7-13/h3-10H,2,11H2,1H3,(H,17,19). The van der Waals surface area contributed by atoms with Crippen molar-refractivity contribution in [2.24, 2.45) is 0 Å². The predicted octanol–water partition coefficient (Wildman–Crippen LogP) is 3.72. The molecule has 120 valence electrons. The summed E-state index contributed by atoms with van der Waals surface area (Å²) in [4.78, 5) is 23.5. The summed E-state index contributed by atoms with van der Waals surface area (Å²) in [6, 6.07) is 13.9. The Kier molecular flexibility index (Phi) is 5.99. The Morgan fingerprint density at radius 1 is 1.26 bits per heavy atom. The Hall–Kier alpha value is -2.54. The summed E-state index contributed by atoms with van der Waals surface area (Å²) in [5.74, 6) is 0.274. The normalized spacial score (nSPS) is 10.1. The maximum absolute atomic E-state index is 12.0. The first-order valence-electron chi connectivity index (χ1n) is 6.99. The minimum Gasteiger partial charge on any atom is -0.494 e. The highest BCUT2D eigenvalue weighted by molar-refractivity contribution is 8.00. The molecule has 0 fully saturated rings.